The molecule has 3 unspecified atom stereocenters. The van der Waals surface area contributed by atoms with Crippen molar-refractivity contribution >= 4 is 17.6 Å². The Morgan fingerprint density at radius 3 is 2.76 bits per heavy atom. The Morgan fingerprint density at radius 1 is 1.34 bits per heavy atom. The Labute approximate surface area is 169 Å². The van der Waals surface area contributed by atoms with Gasteiger partial charge in [0, 0.05) is 24.9 Å². The number of carbonyl (C=O) groups is 2. The number of imide groups is 1. The number of carbonyl (C=O) groups excluding carboxylic acids is 2. The van der Waals surface area contributed by atoms with E-state index in [-0.39, 0.29) is 18.7 Å². The van der Waals surface area contributed by atoms with Gasteiger partial charge in [-0.2, -0.15) is 5.10 Å². The fourth-order valence-corrected chi connectivity index (χ4v) is 4.19. The van der Waals surface area contributed by atoms with Crippen LogP contribution in [0.5, 0.6) is 0 Å². The molecule has 1 N–H and O–H groups in total. The lowest BCUT2D eigenvalue weighted by atomic mass is 10.1. The van der Waals surface area contributed by atoms with Crippen LogP contribution < -0.4 is 5.32 Å². The van der Waals surface area contributed by atoms with E-state index in [2.05, 4.69) is 17.0 Å². The van der Waals surface area contributed by atoms with Gasteiger partial charge in [0.15, 0.2) is 6.29 Å². The number of hydrogen-bond acceptors (Lipinski definition) is 6. The largest absolute Gasteiger partial charge is 0.328 e. The van der Waals surface area contributed by atoms with Gasteiger partial charge in [-0.15, -0.1) is 0 Å². The zero-order chi connectivity index (χ0) is 20.9. The topological polar surface area (TPSA) is 71.5 Å². The summed E-state index contributed by atoms with van der Waals surface area (Å²) in [5.41, 5.74) is 2.12. The van der Waals surface area contributed by atoms with Gasteiger partial charge in [-0.1, -0.05) is 30.4 Å². The van der Waals surface area contributed by atoms with Gasteiger partial charge in [-0.25, -0.2) is 14.1 Å². The number of nitrogens with one attached hydrogen (secondary N) is 1. The van der Waals surface area contributed by atoms with Crippen LogP contribution in [0.4, 0.5) is 9.18 Å². The van der Waals surface area contributed by atoms with Crippen molar-refractivity contribution in [2.75, 3.05) is 20.1 Å². The Balaban J connectivity index is 1.64. The highest BCUT2D eigenvalue weighted by Crippen LogP contribution is 2.31. The van der Waals surface area contributed by atoms with Crippen molar-refractivity contribution in [1.82, 2.24) is 25.0 Å². The average Bonchev–Trinajstić information content (AvgIpc) is 3.04. The van der Waals surface area contributed by atoms with Crippen molar-refractivity contribution in [1.29, 1.82) is 0 Å². The molecule has 3 aliphatic heterocycles. The van der Waals surface area contributed by atoms with Crippen LogP contribution in [-0.4, -0.2) is 76.0 Å². The SMILES string of the molecule is C=C(C)CN1N=C(C)CN2C3C(=O)N(Cc4ccccc4F)C(=O)N(C)C3NC12. The second-order valence-electron chi connectivity index (χ2n) is 7.90. The monoisotopic (exact) mass is 400 g/mol. The van der Waals surface area contributed by atoms with Gasteiger partial charge in [0.2, 0.25) is 0 Å². The van der Waals surface area contributed by atoms with Crippen LogP contribution in [-0.2, 0) is 11.3 Å². The standard InChI is InChI=1S/C20H25FN6O2/c1-12(2)9-27-19-22-17-16(25(19)10-13(3)23-27)18(28)26(20(29)24(17)4)11-14-7-5-6-8-15(14)21/h5-8,16-17,19,22H,1,9-11H2,2-4H3. The van der Waals surface area contributed by atoms with E-state index in [9.17, 15) is 14.0 Å². The Kier molecular flexibility index (Phi) is 4.87. The van der Waals surface area contributed by atoms with E-state index < -0.39 is 24.1 Å². The van der Waals surface area contributed by atoms with Crippen LogP contribution in [0.1, 0.15) is 19.4 Å². The number of benzene rings is 1. The summed E-state index contributed by atoms with van der Waals surface area (Å²) in [6, 6.07) is 5.16. The number of halogens is 1. The molecule has 0 radical (unpaired) electrons. The van der Waals surface area contributed by atoms with Crippen molar-refractivity contribution in [2.45, 2.75) is 38.9 Å². The van der Waals surface area contributed by atoms with E-state index in [1.165, 1.54) is 11.0 Å². The minimum absolute atomic E-state index is 0.0983. The van der Waals surface area contributed by atoms with Gasteiger partial charge in [-0.05, 0) is 19.9 Å². The quantitative estimate of drug-likeness (QED) is 0.773. The highest BCUT2D eigenvalue weighted by atomic mass is 19.1. The van der Waals surface area contributed by atoms with E-state index in [0.29, 0.717) is 18.7 Å². The van der Waals surface area contributed by atoms with Gasteiger partial charge in [0.05, 0.1) is 13.1 Å². The molecule has 2 fully saturated rings. The maximum atomic E-state index is 14.1. The number of nitrogens with zero attached hydrogens (tertiary/aromatic N) is 5. The fourth-order valence-electron chi connectivity index (χ4n) is 4.19. The number of rotatable bonds is 4. The van der Waals surface area contributed by atoms with Gasteiger partial charge in [0.1, 0.15) is 18.0 Å². The maximum absolute atomic E-state index is 14.1. The second kappa shape index (κ2) is 7.23. The Morgan fingerprint density at radius 2 is 2.07 bits per heavy atom. The first-order valence-corrected chi connectivity index (χ1v) is 9.56. The van der Waals surface area contributed by atoms with Crippen LogP contribution >= 0.6 is 0 Å². The molecule has 4 rings (SSSR count). The van der Waals surface area contributed by atoms with Gasteiger partial charge in [-0.3, -0.25) is 20.0 Å². The van der Waals surface area contributed by atoms with E-state index in [1.807, 2.05) is 23.8 Å². The first-order chi connectivity index (χ1) is 13.8. The molecular formula is C20H25FN6O2. The molecule has 0 aromatic heterocycles. The molecule has 3 atom stereocenters. The highest BCUT2D eigenvalue weighted by Gasteiger charge is 2.56. The summed E-state index contributed by atoms with van der Waals surface area (Å²) >= 11 is 0. The smallest absolute Gasteiger partial charge is 0.310 e. The molecular weight excluding hydrogens is 375 g/mol. The minimum Gasteiger partial charge on any atom is -0.310 e. The van der Waals surface area contributed by atoms with Gasteiger partial charge in [0.25, 0.3) is 5.91 Å². The molecule has 1 aromatic carbocycles. The Bertz CT molecular complexity index is 903. The fraction of sp³-hybridized carbons (Fsp3) is 0.450. The molecule has 8 nitrogen and oxygen atoms in total. The second-order valence-corrected chi connectivity index (χ2v) is 7.90. The molecule has 9 heteroatoms. The molecule has 29 heavy (non-hydrogen) atoms. The molecule has 2 saturated heterocycles. The molecule has 1 aromatic rings. The summed E-state index contributed by atoms with van der Waals surface area (Å²) in [4.78, 5) is 30.9. The van der Waals surface area contributed by atoms with Crippen LogP contribution in [0.3, 0.4) is 0 Å². The van der Waals surface area contributed by atoms with Crippen molar-refractivity contribution in [3.8, 4) is 0 Å². The van der Waals surface area contributed by atoms with Crippen molar-refractivity contribution < 1.29 is 14.0 Å². The van der Waals surface area contributed by atoms with Crippen molar-refractivity contribution in [3.63, 3.8) is 0 Å². The molecule has 3 amide bonds. The summed E-state index contributed by atoms with van der Waals surface area (Å²) in [6.07, 6.45) is -0.802. The normalized spacial score (nSPS) is 27.1. The zero-order valence-corrected chi connectivity index (χ0v) is 16.8. The Hall–Kier alpha value is -2.78. The zero-order valence-electron chi connectivity index (χ0n) is 16.8. The van der Waals surface area contributed by atoms with Gasteiger partial charge >= 0.3 is 6.03 Å². The third-order valence-corrected chi connectivity index (χ3v) is 5.47. The summed E-state index contributed by atoms with van der Waals surface area (Å²) in [5.74, 6) is -0.768. The van der Waals surface area contributed by atoms with Crippen LogP contribution in [0.25, 0.3) is 0 Å². The summed E-state index contributed by atoms with van der Waals surface area (Å²) in [7, 11) is 1.66. The molecule has 0 spiro atoms. The molecule has 3 heterocycles. The predicted octanol–water partition coefficient (Wildman–Crippen LogP) is 1.37. The molecule has 154 valence electrons. The van der Waals surface area contributed by atoms with Gasteiger partial charge < -0.3 is 4.90 Å². The van der Waals surface area contributed by atoms with Crippen molar-refractivity contribution in [2.24, 2.45) is 5.10 Å². The van der Waals surface area contributed by atoms with E-state index in [4.69, 9.17) is 0 Å². The minimum atomic E-state index is -0.576. The molecule has 0 saturated carbocycles. The van der Waals surface area contributed by atoms with Crippen LogP contribution in [0, 0.1) is 5.82 Å². The first kappa shape index (κ1) is 19.5. The lowest BCUT2D eigenvalue weighted by Gasteiger charge is -2.42. The third kappa shape index (κ3) is 3.30. The summed E-state index contributed by atoms with van der Waals surface area (Å²) in [5, 5.41) is 9.82. The molecule has 3 aliphatic rings. The first-order valence-electron chi connectivity index (χ1n) is 9.56. The third-order valence-electron chi connectivity index (χ3n) is 5.47. The maximum Gasteiger partial charge on any atom is 0.328 e. The number of hydrogen-bond donors (Lipinski definition) is 1. The number of amides is 3. The number of hydrazone groups is 1. The predicted molar refractivity (Wildman–Crippen MR) is 106 cm³/mol. The van der Waals surface area contributed by atoms with Crippen LogP contribution in [0.2, 0.25) is 0 Å². The molecule has 0 aliphatic carbocycles. The lowest BCUT2D eigenvalue weighted by Crippen LogP contribution is -2.66. The average molecular weight is 400 g/mol. The van der Waals surface area contributed by atoms with E-state index >= 15 is 0 Å². The van der Waals surface area contributed by atoms with Crippen molar-refractivity contribution in [3.05, 3.63) is 47.8 Å². The van der Waals surface area contributed by atoms with Crippen LogP contribution in [0.15, 0.2) is 41.5 Å². The number of fused-ring (bicyclic) bond motifs is 3. The van der Waals surface area contributed by atoms with E-state index in [0.717, 1.165) is 16.2 Å². The summed E-state index contributed by atoms with van der Waals surface area (Å²) < 4.78 is 14.1. The number of likely N-dealkylation sites (N-methyl/N-ethyl adjacent to an activating group) is 1. The molecule has 0 bridgehead atoms. The summed E-state index contributed by atoms with van der Waals surface area (Å²) in [6.45, 7) is 8.73. The lowest BCUT2D eigenvalue weighted by molar-refractivity contribution is -0.139. The highest BCUT2D eigenvalue weighted by molar-refractivity contribution is 6.01. The number of urea groups is 1. The van der Waals surface area contributed by atoms with E-state index in [1.54, 1.807) is 25.2 Å².